The third-order valence-corrected chi connectivity index (χ3v) is 3.16. The van der Waals surface area contributed by atoms with E-state index in [4.69, 9.17) is 16.0 Å². The minimum atomic E-state index is -0.101. The predicted octanol–water partition coefficient (Wildman–Crippen LogP) is 2.97. The van der Waals surface area contributed by atoms with Crippen molar-refractivity contribution < 1.29 is 9.21 Å². The highest BCUT2D eigenvalue weighted by Crippen LogP contribution is 2.22. The van der Waals surface area contributed by atoms with Crippen molar-refractivity contribution in [3.05, 3.63) is 52.9 Å². The summed E-state index contributed by atoms with van der Waals surface area (Å²) in [6.45, 7) is 2.50. The maximum atomic E-state index is 11.7. The molecule has 1 aromatic heterocycles. The van der Waals surface area contributed by atoms with Gasteiger partial charge in [0, 0.05) is 10.7 Å². The van der Waals surface area contributed by atoms with E-state index in [2.05, 4.69) is 10.6 Å². The Bertz CT molecular complexity index is 553. The van der Waals surface area contributed by atoms with Crippen LogP contribution < -0.4 is 10.6 Å². The molecule has 0 saturated heterocycles. The van der Waals surface area contributed by atoms with Crippen molar-refractivity contribution >= 4 is 23.2 Å². The lowest BCUT2D eigenvalue weighted by Gasteiger charge is -2.10. The number of nitrogens with one attached hydrogen (secondary N) is 2. The average Bonchev–Trinajstić information content (AvgIpc) is 2.91. The zero-order chi connectivity index (χ0) is 13.7. The molecular weight excluding hydrogens is 264 g/mol. The molecule has 0 aliphatic heterocycles. The van der Waals surface area contributed by atoms with Crippen LogP contribution in [0, 0.1) is 6.92 Å². The second-order valence-electron chi connectivity index (χ2n) is 4.12. The maximum absolute atomic E-state index is 11.7. The van der Waals surface area contributed by atoms with Gasteiger partial charge in [0.25, 0.3) is 0 Å². The first-order valence-corrected chi connectivity index (χ1v) is 6.32. The Morgan fingerprint density at radius 3 is 2.89 bits per heavy atom. The number of hydrogen-bond acceptors (Lipinski definition) is 3. The molecule has 2 aromatic rings. The highest BCUT2D eigenvalue weighted by atomic mass is 35.5. The number of furan rings is 1. The first kappa shape index (κ1) is 13.5. The van der Waals surface area contributed by atoms with Crippen LogP contribution >= 0.6 is 11.6 Å². The van der Waals surface area contributed by atoms with Gasteiger partial charge in [-0.3, -0.25) is 4.79 Å². The highest BCUT2D eigenvalue weighted by Gasteiger charge is 2.05. The van der Waals surface area contributed by atoms with E-state index in [0.717, 1.165) is 17.0 Å². The molecule has 19 heavy (non-hydrogen) atoms. The number of amides is 1. The van der Waals surface area contributed by atoms with Gasteiger partial charge in [-0.1, -0.05) is 17.7 Å². The molecule has 0 bridgehead atoms. The number of benzene rings is 1. The summed E-state index contributed by atoms with van der Waals surface area (Å²) in [6, 6.07) is 9.16. The van der Waals surface area contributed by atoms with Crippen molar-refractivity contribution in [2.24, 2.45) is 0 Å². The summed E-state index contributed by atoms with van der Waals surface area (Å²) in [5.41, 5.74) is 1.80. The zero-order valence-corrected chi connectivity index (χ0v) is 11.3. The first-order valence-electron chi connectivity index (χ1n) is 5.95. The fourth-order valence-electron chi connectivity index (χ4n) is 1.64. The lowest BCUT2D eigenvalue weighted by molar-refractivity contribution is -0.119. The van der Waals surface area contributed by atoms with E-state index in [0.29, 0.717) is 11.6 Å². The van der Waals surface area contributed by atoms with Crippen LogP contribution in [0.4, 0.5) is 5.69 Å². The lowest BCUT2D eigenvalue weighted by atomic mass is 10.2. The Morgan fingerprint density at radius 2 is 2.16 bits per heavy atom. The van der Waals surface area contributed by atoms with Crippen LogP contribution in [-0.4, -0.2) is 12.5 Å². The molecule has 0 aliphatic rings. The second-order valence-corrected chi connectivity index (χ2v) is 4.53. The Hall–Kier alpha value is -1.94. The molecule has 0 spiro atoms. The topological polar surface area (TPSA) is 54.3 Å². The van der Waals surface area contributed by atoms with Crippen molar-refractivity contribution in [2.45, 2.75) is 13.5 Å². The van der Waals surface area contributed by atoms with Crippen molar-refractivity contribution in [3.8, 4) is 0 Å². The van der Waals surface area contributed by atoms with E-state index in [1.165, 1.54) is 0 Å². The molecule has 0 aliphatic carbocycles. The molecule has 0 fully saturated rings. The molecular formula is C14H15ClN2O2. The highest BCUT2D eigenvalue weighted by molar-refractivity contribution is 6.31. The molecule has 2 N–H and O–H groups in total. The van der Waals surface area contributed by atoms with E-state index < -0.39 is 0 Å². The van der Waals surface area contributed by atoms with E-state index in [-0.39, 0.29) is 12.5 Å². The minimum absolute atomic E-state index is 0.101. The molecule has 100 valence electrons. The Kier molecular flexibility index (Phi) is 4.47. The summed E-state index contributed by atoms with van der Waals surface area (Å²) in [7, 11) is 0. The smallest absolute Gasteiger partial charge is 0.239 e. The quantitative estimate of drug-likeness (QED) is 0.884. The standard InChI is InChI=1S/C14H15ClN2O2/c1-10-12(15)5-2-6-13(10)16-9-14(18)17-8-11-4-3-7-19-11/h2-7,16H,8-9H2,1H3,(H,17,18). The van der Waals surface area contributed by atoms with Crippen LogP contribution in [0.15, 0.2) is 41.0 Å². The van der Waals surface area contributed by atoms with Crippen LogP contribution in [0.25, 0.3) is 0 Å². The normalized spacial score (nSPS) is 10.2. The largest absolute Gasteiger partial charge is 0.467 e. The average molecular weight is 279 g/mol. The zero-order valence-electron chi connectivity index (χ0n) is 10.6. The van der Waals surface area contributed by atoms with Crippen LogP contribution in [0.5, 0.6) is 0 Å². The van der Waals surface area contributed by atoms with Gasteiger partial charge in [0.15, 0.2) is 0 Å². The summed E-state index contributed by atoms with van der Waals surface area (Å²) in [5.74, 6) is 0.628. The van der Waals surface area contributed by atoms with E-state index >= 15 is 0 Å². The van der Waals surface area contributed by atoms with Gasteiger partial charge >= 0.3 is 0 Å². The van der Waals surface area contributed by atoms with Gasteiger partial charge in [-0.25, -0.2) is 0 Å². The Balaban J connectivity index is 1.81. The van der Waals surface area contributed by atoms with Gasteiger partial charge in [-0.2, -0.15) is 0 Å². The minimum Gasteiger partial charge on any atom is -0.467 e. The molecule has 1 aromatic carbocycles. The summed E-state index contributed by atoms with van der Waals surface area (Å²) in [6.07, 6.45) is 1.58. The number of rotatable bonds is 5. The molecule has 5 heteroatoms. The van der Waals surface area contributed by atoms with Crippen molar-refractivity contribution in [3.63, 3.8) is 0 Å². The summed E-state index contributed by atoms with van der Waals surface area (Å²) in [4.78, 5) is 11.7. The fourth-order valence-corrected chi connectivity index (χ4v) is 1.81. The van der Waals surface area contributed by atoms with Crippen LogP contribution in [0.3, 0.4) is 0 Å². The molecule has 0 unspecified atom stereocenters. The summed E-state index contributed by atoms with van der Waals surface area (Å²) < 4.78 is 5.13. The molecule has 1 amide bonds. The van der Waals surface area contributed by atoms with Gasteiger partial charge in [-0.05, 0) is 36.8 Å². The van der Waals surface area contributed by atoms with Gasteiger partial charge < -0.3 is 15.1 Å². The Labute approximate surface area is 116 Å². The number of carbonyl (C=O) groups excluding carboxylic acids is 1. The second kappa shape index (κ2) is 6.29. The van der Waals surface area contributed by atoms with Crippen molar-refractivity contribution in [1.29, 1.82) is 0 Å². The van der Waals surface area contributed by atoms with Crippen LogP contribution in [0.1, 0.15) is 11.3 Å². The molecule has 1 heterocycles. The van der Waals surface area contributed by atoms with Gasteiger partial charge in [0.2, 0.25) is 5.91 Å². The Morgan fingerprint density at radius 1 is 1.32 bits per heavy atom. The van der Waals surface area contributed by atoms with Crippen molar-refractivity contribution in [2.75, 3.05) is 11.9 Å². The number of carbonyl (C=O) groups is 1. The lowest BCUT2D eigenvalue weighted by Crippen LogP contribution is -2.29. The number of halogens is 1. The third-order valence-electron chi connectivity index (χ3n) is 2.75. The number of anilines is 1. The number of hydrogen-bond donors (Lipinski definition) is 2. The van der Waals surface area contributed by atoms with Gasteiger partial charge in [0.1, 0.15) is 5.76 Å². The van der Waals surface area contributed by atoms with E-state index in [9.17, 15) is 4.79 Å². The van der Waals surface area contributed by atoms with E-state index in [1.807, 2.05) is 31.2 Å². The predicted molar refractivity (Wildman–Crippen MR) is 75.2 cm³/mol. The first-order chi connectivity index (χ1) is 9.16. The monoisotopic (exact) mass is 278 g/mol. The van der Waals surface area contributed by atoms with Crippen LogP contribution in [-0.2, 0) is 11.3 Å². The molecule has 4 nitrogen and oxygen atoms in total. The molecule has 0 saturated carbocycles. The van der Waals surface area contributed by atoms with Gasteiger partial charge in [0.05, 0.1) is 19.4 Å². The fraction of sp³-hybridized carbons (Fsp3) is 0.214. The molecule has 2 rings (SSSR count). The SMILES string of the molecule is Cc1c(Cl)cccc1NCC(=O)NCc1ccco1. The van der Waals surface area contributed by atoms with Crippen LogP contribution in [0.2, 0.25) is 5.02 Å². The third kappa shape index (κ3) is 3.76. The maximum Gasteiger partial charge on any atom is 0.239 e. The van der Waals surface area contributed by atoms with Crippen molar-refractivity contribution in [1.82, 2.24) is 5.32 Å². The summed E-state index contributed by atoms with van der Waals surface area (Å²) in [5, 5.41) is 6.50. The molecule has 0 atom stereocenters. The van der Waals surface area contributed by atoms with E-state index in [1.54, 1.807) is 12.3 Å². The summed E-state index contributed by atoms with van der Waals surface area (Å²) >= 11 is 6.00. The van der Waals surface area contributed by atoms with Gasteiger partial charge in [-0.15, -0.1) is 0 Å². The molecule has 0 radical (unpaired) electrons.